The van der Waals surface area contributed by atoms with Gasteiger partial charge >= 0.3 is 5.97 Å². The zero-order valence-electron chi connectivity index (χ0n) is 15.2. The van der Waals surface area contributed by atoms with Crippen molar-refractivity contribution >= 4 is 23.7 Å². The summed E-state index contributed by atoms with van der Waals surface area (Å²) < 4.78 is 0. The highest BCUT2D eigenvalue weighted by molar-refractivity contribution is 5.92. The molecule has 1 heterocycles. The normalized spacial score (nSPS) is 18.6. The number of carboxylic acids is 1. The summed E-state index contributed by atoms with van der Waals surface area (Å²) in [6.07, 6.45) is 2.51. The predicted molar refractivity (Wildman–Crippen MR) is 95.3 cm³/mol. The Kier molecular flexibility index (Phi) is 9.68. The molecule has 3 unspecified atom stereocenters. The van der Waals surface area contributed by atoms with Crippen LogP contribution in [-0.4, -0.2) is 83.2 Å². The number of carboxylic acid groups (broad SMARTS) is 1. The molecule has 11 heteroatoms. The van der Waals surface area contributed by atoms with Crippen LogP contribution in [0.15, 0.2) is 0 Å². The van der Waals surface area contributed by atoms with Crippen LogP contribution in [-0.2, 0) is 19.2 Å². The van der Waals surface area contributed by atoms with E-state index in [0.29, 0.717) is 45.2 Å². The van der Waals surface area contributed by atoms with Gasteiger partial charge in [0.05, 0.1) is 13.2 Å². The smallest absolute Gasteiger partial charge is 0.326 e. The third-order valence-corrected chi connectivity index (χ3v) is 4.36. The number of hydrogen-bond acceptors (Lipinski definition) is 7. The molecule has 1 fully saturated rings. The van der Waals surface area contributed by atoms with E-state index in [1.807, 2.05) is 0 Å². The second-order valence-electron chi connectivity index (χ2n) is 6.44. The molecule has 0 bridgehead atoms. The van der Waals surface area contributed by atoms with Gasteiger partial charge in [0.25, 0.3) is 0 Å². The number of likely N-dealkylation sites (tertiary alicyclic amines) is 1. The lowest BCUT2D eigenvalue weighted by atomic mass is 10.1. The summed E-state index contributed by atoms with van der Waals surface area (Å²) in [5.74, 6) is -2.82. The SMILES string of the molecule is NCCCCC(NC(=O)CNC(=O)C(N)CO)C(=O)N1CCCC1C(=O)O. The fraction of sp³-hybridized carbons (Fsp3) is 0.750. The number of amides is 3. The Labute approximate surface area is 157 Å². The number of carbonyl (C=O) groups is 4. The van der Waals surface area contributed by atoms with E-state index < -0.39 is 55.0 Å². The van der Waals surface area contributed by atoms with Crippen LogP contribution in [0.2, 0.25) is 0 Å². The number of nitrogens with one attached hydrogen (secondary N) is 2. The molecule has 1 rings (SSSR count). The highest BCUT2D eigenvalue weighted by atomic mass is 16.4. The molecule has 11 nitrogen and oxygen atoms in total. The molecule has 8 N–H and O–H groups in total. The van der Waals surface area contributed by atoms with Gasteiger partial charge in [-0.15, -0.1) is 0 Å². The van der Waals surface area contributed by atoms with Crippen LogP contribution in [0, 0.1) is 0 Å². The average Bonchev–Trinajstić information content (AvgIpc) is 3.14. The minimum atomic E-state index is -1.14. The van der Waals surface area contributed by atoms with E-state index in [1.54, 1.807) is 0 Å². The largest absolute Gasteiger partial charge is 0.480 e. The van der Waals surface area contributed by atoms with Gasteiger partial charge in [-0.3, -0.25) is 14.4 Å². The number of nitrogens with two attached hydrogens (primary N) is 2. The topological polar surface area (TPSA) is 188 Å². The maximum absolute atomic E-state index is 12.8. The Morgan fingerprint density at radius 3 is 2.52 bits per heavy atom. The Morgan fingerprint density at radius 2 is 1.93 bits per heavy atom. The molecular weight excluding hydrogens is 358 g/mol. The molecule has 0 aromatic rings. The number of aliphatic hydroxyl groups is 1. The maximum atomic E-state index is 12.8. The van der Waals surface area contributed by atoms with Gasteiger partial charge in [0, 0.05) is 6.54 Å². The Hall–Kier alpha value is -2.24. The summed E-state index contributed by atoms with van der Waals surface area (Å²) in [6, 6.07) is -2.93. The number of unbranched alkanes of at least 4 members (excludes halogenated alkanes) is 1. The third kappa shape index (κ3) is 7.12. The van der Waals surface area contributed by atoms with Crippen LogP contribution in [0.5, 0.6) is 0 Å². The first-order valence-corrected chi connectivity index (χ1v) is 8.98. The second kappa shape index (κ2) is 11.5. The van der Waals surface area contributed by atoms with Gasteiger partial charge < -0.3 is 37.2 Å². The molecule has 0 aliphatic carbocycles. The molecule has 154 valence electrons. The monoisotopic (exact) mass is 387 g/mol. The molecule has 27 heavy (non-hydrogen) atoms. The standard InChI is InChI=1S/C16H29N5O6/c17-6-2-1-4-11(15(25)21-7-3-5-12(21)16(26)27)20-13(23)8-19-14(24)10(18)9-22/h10-12,22H,1-9,17-18H2,(H,19,24)(H,20,23)(H,26,27). The minimum Gasteiger partial charge on any atom is -0.480 e. The first kappa shape index (κ1) is 22.8. The van der Waals surface area contributed by atoms with E-state index in [1.165, 1.54) is 4.90 Å². The van der Waals surface area contributed by atoms with Crippen molar-refractivity contribution < 1.29 is 29.4 Å². The number of carbonyl (C=O) groups excluding carboxylic acids is 3. The van der Waals surface area contributed by atoms with Gasteiger partial charge in [0.1, 0.15) is 18.1 Å². The van der Waals surface area contributed by atoms with Crippen molar-refractivity contribution in [2.45, 2.75) is 50.2 Å². The van der Waals surface area contributed by atoms with Crippen molar-refractivity contribution in [3.05, 3.63) is 0 Å². The summed E-state index contributed by atoms with van der Waals surface area (Å²) >= 11 is 0. The van der Waals surface area contributed by atoms with Gasteiger partial charge in [-0.25, -0.2) is 4.79 Å². The van der Waals surface area contributed by atoms with Crippen LogP contribution < -0.4 is 22.1 Å². The third-order valence-electron chi connectivity index (χ3n) is 4.36. The number of rotatable bonds is 11. The number of nitrogens with zero attached hydrogens (tertiary/aromatic N) is 1. The van der Waals surface area contributed by atoms with Crippen LogP contribution >= 0.6 is 0 Å². The summed E-state index contributed by atoms with van der Waals surface area (Å²) in [7, 11) is 0. The van der Waals surface area contributed by atoms with Crippen LogP contribution in [0.3, 0.4) is 0 Å². The summed E-state index contributed by atoms with van der Waals surface area (Å²) in [4.78, 5) is 48.9. The van der Waals surface area contributed by atoms with Crippen LogP contribution in [0.1, 0.15) is 32.1 Å². The van der Waals surface area contributed by atoms with Crippen molar-refractivity contribution in [1.82, 2.24) is 15.5 Å². The Bertz CT molecular complexity index is 543. The molecule has 0 aromatic heterocycles. The van der Waals surface area contributed by atoms with E-state index in [-0.39, 0.29) is 0 Å². The van der Waals surface area contributed by atoms with Crippen molar-refractivity contribution in [3.8, 4) is 0 Å². The molecule has 3 amide bonds. The summed E-state index contributed by atoms with van der Waals surface area (Å²) in [5, 5.41) is 22.9. The van der Waals surface area contributed by atoms with Crippen molar-refractivity contribution in [3.63, 3.8) is 0 Å². The van der Waals surface area contributed by atoms with Gasteiger partial charge in [-0.2, -0.15) is 0 Å². The fourth-order valence-electron chi connectivity index (χ4n) is 2.86. The van der Waals surface area contributed by atoms with Gasteiger partial charge in [0.2, 0.25) is 17.7 Å². The Balaban J connectivity index is 2.69. The molecule has 1 aliphatic rings. The van der Waals surface area contributed by atoms with Gasteiger partial charge in [0.15, 0.2) is 0 Å². The highest BCUT2D eigenvalue weighted by Gasteiger charge is 2.37. The van der Waals surface area contributed by atoms with Gasteiger partial charge in [-0.05, 0) is 38.6 Å². The fourth-order valence-corrected chi connectivity index (χ4v) is 2.86. The summed E-state index contributed by atoms with van der Waals surface area (Å²) in [5.41, 5.74) is 10.8. The van der Waals surface area contributed by atoms with E-state index in [9.17, 15) is 24.3 Å². The molecule has 3 atom stereocenters. The highest BCUT2D eigenvalue weighted by Crippen LogP contribution is 2.19. The molecule has 0 spiro atoms. The summed E-state index contributed by atoms with van der Waals surface area (Å²) in [6.45, 7) is -0.207. The van der Waals surface area contributed by atoms with Crippen molar-refractivity contribution in [1.29, 1.82) is 0 Å². The van der Waals surface area contributed by atoms with E-state index >= 15 is 0 Å². The molecular formula is C16H29N5O6. The lowest BCUT2D eigenvalue weighted by Gasteiger charge is -2.27. The Morgan fingerprint density at radius 1 is 1.22 bits per heavy atom. The van der Waals surface area contributed by atoms with Crippen molar-refractivity contribution in [2.24, 2.45) is 11.5 Å². The quantitative estimate of drug-likeness (QED) is 0.204. The second-order valence-corrected chi connectivity index (χ2v) is 6.44. The first-order chi connectivity index (χ1) is 12.8. The lowest BCUT2D eigenvalue weighted by molar-refractivity contribution is -0.149. The van der Waals surface area contributed by atoms with Crippen LogP contribution in [0.4, 0.5) is 0 Å². The first-order valence-electron chi connectivity index (χ1n) is 8.98. The van der Waals surface area contributed by atoms with Crippen LogP contribution in [0.25, 0.3) is 0 Å². The predicted octanol–water partition coefficient (Wildman–Crippen LogP) is -2.89. The number of aliphatic hydroxyl groups excluding tert-OH is 1. The zero-order valence-corrected chi connectivity index (χ0v) is 15.2. The average molecular weight is 387 g/mol. The maximum Gasteiger partial charge on any atom is 0.326 e. The minimum absolute atomic E-state index is 0.314. The molecule has 0 aromatic carbocycles. The van der Waals surface area contributed by atoms with E-state index in [2.05, 4.69) is 10.6 Å². The molecule has 1 aliphatic heterocycles. The zero-order chi connectivity index (χ0) is 20.4. The van der Waals surface area contributed by atoms with Gasteiger partial charge in [-0.1, -0.05) is 0 Å². The number of aliphatic carboxylic acids is 1. The van der Waals surface area contributed by atoms with Crippen molar-refractivity contribution in [2.75, 3.05) is 26.2 Å². The molecule has 1 saturated heterocycles. The molecule has 0 saturated carbocycles. The molecule has 0 radical (unpaired) electrons. The van der Waals surface area contributed by atoms with E-state index in [4.69, 9.17) is 16.6 Å². The van der Waals surface area contributed by atoms with E-state index in [0.717, 1.165) is 0 Å². The number of hydrogen-bond donors (Lipinski definition) is 6. The lowest BCUT2D eigenvalue weighted by Crippen LogP contribution is -2.54.